The van der Waals surface area contributed by atoms with Crippen LogP contribution in [0.5, 0.6) is 0 Å². The maximum Gasteiger partial charge on any atom is 0.323 e. The molecule has 1 unspecified atom stereocenters. The Morgan fingerprint density at radius 3 is 2.36 bits per heavy atom. The number of unbranched alkanes of at least 4 members (excludes halogenated alkanes) is 1. The van der Waals surface area contributed by atoms with Crippen molar-refractivity contribution in [1.29, 1.82) is 0 Å². The highest BCUT2D eigenvalue weighted by molar-refractivity contribution is 5.38. The second-order valence-electron chi connectivity index (χ2n) is 3.82. The smallest absolute Gasteiger partial charge is 0.323 e. The first-order chi connectivity index (χ1) is 6.20. The molecule has 0 fully saturated rings. The molecule has 0 spiro atoms. The fourth-order valence-corrected chi connectivity index (χ4v) is 1.23. The van der Waals surface area contributed by atoms with Crippen molar-refractivity contribution in [3.63, 3.8) is 0 Å². The quantitative estimate of drug-likeness (QED) is 0.322. The minimum atomic E-state index is 0. The molecule has 0 bridgehead atoms. The molecule has 0 saturated carbocycles. The minimum Gasteiger partial charge on any atom is -1.00 e. The lowest BCUT2D eigenvalue weighted by Crippen LogP contribution is -3.00. The highest BCUT2D eigenvalue weighted by atomic mass is 35.5. The van der Waals surface area contributed by atoms with Crippen LogP contribution < -0.4 is 12.4 Å². The molecule has 0 aliphatic carbocycles. The summed E-state index contributed by atoms with van der Waals surface area (Å²) in [4.78, 5) is 0. The number of nitrogens with zero attached hydrogens (tertiary/aromatic N) is 1. The Balaban J connectivity index is 0. The van der Waals surface area contributed by atoms with Crippen LogP contribution in [0.1, 0.15) is 39.5 Å². The van der Waals surface area contributed by atoms with E-state index in [1.54, 1.807) is 6.40 Å². The number of halogens is 1. The highest BCUT2D eigenvalue weighted by Crippen LogP contribution is 2.12. The molecule has 0 heterocycles. The van der Waals surface area contributed by atoms with Crippen LogP contribution in [0.25, 0.3) is 0 Å². The summed E-state index contributed by atoms with van der Waals surface area (Å²) in [6, 6.07) is 0. The van der Waals surface area contributed by atoms with Crippen molar-refractivity contribution < 1.29 is 21.7 Å². The standard InChI is InChI=1S/C11H24NO.ClH/c1-5-7-8-11(6-2)9-13-10-12(3)4;/h10-11H,5-9H2,1-4H3;1H/q+1;/p-1. The van der Waals surface area contributed by atoms with Gasteiger partial charge in [-0.05, 0) is 12.3 Å². The Morgan fingerprint density at radius 1 is 1.29 bits per heavy atom. The molecule has 3 heteroatoms. The summed E-state index contributed by atoms with van der Waals surface area (Å²) in [6.45, 7) is 5.34. The summed E-state index contributed by atoms with van der Waals surface area (Å²) >= 11 is 0. The zero-order valence-corrected chi connectivity index (χ0v) is 10.7. The third-order valence-corrected chi connectivity index (χ3v) is 2.16. The van der Waals surface area contributed by atoms with Crippen LogP contribution in [0.4, 0.5) is 0 Å². The van der Waals surface area contributed by atoms with E-state index in [-0.39, 0.29) is 12.4 Å². The normalized spacial score (nSPS) is 11.4. The predicted molar refractivity (Wildman–Crippen MR) is 57.4 cm³/mol. The second kappa shape index (κ2) is 10.8. The van der Waals surface area contributed by atoms with Gasteiger partial charge in [0, 0.05) is 0 Å². The van der Waals surface area contributed by atoms with Gasteiger partial charge in [-0.2, -0.15) is 0 Å². The largest absolute Gasteiger partial charge is 1.00 e. The molecule has 14 heavy (non-hydrogen) atoms. The van der Waals surface area contributed by atoms with Crippen LogP contribution >= 0.6 is 0 Å². The summed E-state index contributed by atoms with van der Waals surface area (Å²) in [7, 11) is 3.96. The maximum atomic E-state index is 5.45. The number of rotatable bonds is 7. The van der Waals surface area contributed by atoms with Gasteiger partial charge < -0.3 is 17.1 Å². The van der Waals surface area contributed by atoms with E-state index in [1.165, 1.54) is 25.7 Å². The van der Waals surface area contributed by atoms with Gasteiger partial charge in [0.1, 0.15) is 14.1 Å². The Morgan fingerprint density at radius 2 is 1.93 bits per heavy atom. The predicted octanol–water partition coefficient (Wildman–Crippen LogP) is -0.476. The van der Waals surface area contributed by atoms with Crippen molar-refractivity contribution in [2.24, 2.45) is 5.92 Å². The fraction of sp³-hybridized carbons (Fsp3) is 0.909. The molecule has 0 aliphatic rings. The zero-order valence-electron chi connectivity index (χ0n) is 9.92. The first-order valence-corrected chi connectivity index (χ1v) is 5.32. The summed E-state index contributed by atoms with van der Waals surface area (Å²) < 4.78 is 7.38. The molecule has 0 N–H and O–H groups in total. The Hall–Kier alpha value is -0.240. The van der Waals surface area contributed by atoms with Crippen molar-refractivity contribution >= 4 is 6.40 Å². The summed E-state index contributed by atoms with van der Waals surface area (Å²) in [5.74, 6) is 0.733. The van der Waals surface area contributed by atoms with E-state index in [1.807, 2.05) is 18.7 Å². The lowest BCUT2D eigenvalue weighted by molar-refractivity contribution is -0.468. The van der Waals surface area contributed by atoms with Crippen LogP contribution in [0, 0.1) is 5.92 Å². The molecule has 0 saturated heterocycles. The lowest BCUT2D eigenvalue weighted by atomic mass is 10.0. The van der Waals surface area contributed by atoms with Crippen molar-refractivity contribution in [2.75, 3.05) is 20.7 Å². The van der Waals surface area contributed by atoms with Gasteiger partial charge in [0.2, 0.25) is 0 Å². The molecule has 1 atom stereocenters. The average molecular weight is 222 g/mol. The van der Waals surface area contributed by atoms with Gasteiger partial charge in [-0.25, -0.2) is 4.58 Å². The maximum absolute atomic E-state index is 5.45. The first-order valence-electron chi connectivity index (χ1n) is 5.32. The Bertz CT molecular complexity index is 144. The topological polar surface area (TPSA) is 12.2 Å². The third kappa shape index (κ3) is 9.85. The molecule has 0 aromatic rings. The van der Waals surface area contributed by atoms with E-state index in [9.17, 15) is 0 Å². The SMILES string of the molecule is CCCCC(CC)COC=[N+](C)C.[Cl-]. The van der Waals surface area contributed by atoms with Crippen LogP contribution in [0.15, 0.2) is 0 Å². The highest BCUT2D eigenvalue weighted by Gasteiger charge is 2.05. The molecular weight excluding hydrogens is 198 g/mol. The monoisotopic (exact) mass is 221 g/mol. The van der Waals surface area contributed by atoms with Gasteiger partial charge in [-0.15, -0.1) is 0 Å². The zero-order chi connectivity index (χ0) is 10.1. The van der Waals surface area contributed by atoms with Gasteiger partial charge in [0.25, 0.3) is 0 Å². The molecule has 86 valence electrons. The van der Waals surface area contributed by atoms with Crippen molar-refractivity contribution in [2.45, 2.75) is 39.5 Å². The molecule has 0 aliphatic heterocycles. The molecule has 0 rings (SSSR count). The molecule has 0 amide bonds. The van der Waals surface area contributed by atoms with Crippen LogP contribution in [-0.4, -0.2) is 31.7 Å². The first kappa shape index (κ1) is 16.2. The van der Waals surface area contributed by atoms with Crippen molar-refractivity contribution in [3.05, 3.63) is 0 Å². The molecule has 2 nitrogen and oxygen atoms in total. The van der Waals surface area contributed by atoms with E-state index >= 15 is 0 Å². The Labute approximate surface area is 94.8 Å². The van der Waals surface area contributed by atoms with Gasteiger partial charge in [-0.1, -0.05) is 33.1 Å². The van der Waals surface area contributed by atoms with Gasteiger partial charge >= 0.3 is 6.40 Å². The molecule has 0 aromatic heterocycles. The van der Waals surface area contributed by atoms with Gasteiger partial charge in [0.05, 0.1) is 6.61 Å². The molecule has 0 radical (unpaired) electrons. The number of hydrogen-bond acceptors (Lipinski definition) is 1. The second-order valence-corrected chi connectivity index (χ2v) is 3.82. The number of hydrogen-bond donors (Lipinski definition) is 0. The van der Waals surface area contributed by atoms with E-state index in [0.29, 0.717) is 0 Å². The van der Waals surface area contributed by atoms with E-state index < -0.39 is 0 Å². The van der Waals surface area contributed by atoms with E-state index in [4.69, 9.17) is 4.74 Å². The average Bonchev–Trinajstić information content (AvgIpc) is 2.10. The molecular formula is C11H24ClNO. The summed E-state index contributed by atoms with van der Waals surface area (Å²) in [5, 5.41) is 0. The minimum absolute atomic E-state index is 0. The summed E-state index contributed by atoms with van der Waals surface area (Å²) in [5.41, 5.74) is 0. The van der Waals surface area contributed by atoms with Crippen LogP contribution in [-0.2, 0) is 4.74 Å². The Kier molecular flexibility index (Phi) is 12.5. The molecule has 0 aromatic carbocycles. The summed E-state index contributed by atoms with van der Waals surface area (Å²) in [6.07, 6.45) is 6.92. The van der Waals surface area contributed by atoms with Crippen molar-refractivity contribution in [3.8, 4) is 0 Å². The van der Waals surface area contributed by atoms with Gasteiger partial charge in [0.15, 0.2) is 0 Å². The fourth-order valence-electron chi connectivity index (χ4n) is 1.23. The van der Waals surface area contributed by atoms with Gasteiger partial charge in [-0.3, -0.25) is 0 Å². The van der Waals surface area contributed by atoms with Crippen LogP contribution in [0.3, 0.4) is 0 Å². The number of ether oxygens (including phenoxy) is 1. The van der Waals surface area contributed by atoms with Crippen LogP contribution in [0.2, 0.25) is 0 Å². The van der Waals surface area contributed by atoms with Crippen molar-refractivity contribution in [1.82, 2.24) is 0 Å². The third-order valence-electron chi connectivity index (χ3n) is 2.16. The van der Waals surface area contributed by atoms with E-state index in [2.05, 4.69) is 13.8 Å². The lowest BCUT2D eigenvalue weighted by Gasteiger charge is -2.11. The van der Waals surface area contributed by atoms with E-state index in [0.717, 1.165) is 12.5 Å².